The van der Waals surface area contributed by atoms with Crippen LogP contribution in [0, 0.1) is 5.92 Å². The highest BCUT2D eigenvalue weighted by molar-refractivity contribution is 7.99. The molecule has 1 aromatic carbocycles. The van der Waals surface area contributed by atoms with E-state index in [9.17, 15) is 0 Å². The van der Waals surface area contributed by atoms with Crippen LogP contribution >= 0.6 is 23.4 Å². The topological polar surface area (TPSA) is 12.0 Å². The minimum atomic E-state index is 0.701. The molecule has 0 fully saturated rings. The van der Waals surface area contributed by atoms with Crippen molar-refractivity contribution in [3.8, 4) is 0 Å². The number of thioether (sulfide) groups is 1. The van der Waals surface area contributed by atoms with Gasteiger partial charge in [0.05, 0.1) is 0 Å². The molecule has 0 unspecified atom stereocenters. The summed E-state index contributed by atoms with van der Waals surface area (Å²) in [5.74, 6) is 1.63. The summed E-state index contributed by atoms with van der Waals surface area (Å²) in [4.78, 5) is 1.28. The van der Waals surface area contributed by atoms with Gasteiger partial charge < -0.3 is 5.32 Å². The minimum Gasteiger partial charge on any atom is -0.312 e. The van der Waals surface area contributed by atoms with Crippen LogP contribution in [-0.4, -0.2) is 12.3 Å². The fourth-order valence-electron chi connectivity index (χ4n) is 1.39. The lowest BCUT2D eigenvalue weighted by atomic mass is 10.2. The second-order valence-corrected chi connectivity index (χ2v) is 5.69. The molecule has 0 aliphatic heterocycles. The van der Waals surface area contributed by atoms with Gasteiger partial charge in [0.25, 0.3) is 0 Å². The molecule has 0 radical (unpaired) electrons. The average Bonchev–Trinajstić information content (AvgIpc) is 2.31. The van der Waals surface area contributed by atoms with Crippen LogP contribution < -0.4 is 5.32 Å². The van der Waals surface area contributed by atoms with Crippen LogP contribution in [0.1, 0.15) is 19.4 Å². The van der Waals surface area contributed by atoms with E-state index >= 15 is 0 Å². The molecule has 0 saturated heterocycles. The predicted octanol–water partition coefficient (Wildman–Crippen LogP) is 4.28. The van der Waals surface area contributed by atoms with Crippen molar-refractivity contribution in [3.05, 3.63) is 41.4 Å². The molecule has 0 aliphatic carbocycles. The zero-order chi connectivity index (χ0) is 12.5. The fraction of sp³-hybridized carbons (Fsp3) is 0.429. The maximum atomic E-state index is 5.47. The SMILES string of the molecule is CC(C)CNCc1ccc(SC/C=C/Cl)cc1. The summed E-state index contributed by atoms with van der Waals surface area (Å²) < 4.78 is 0. The van der Waals surface area contributed by atoms with Crippen LogP contribution in [0.25, 0.3) is 0 Å². The zero-order valence-electron chi connectivity index (χ0n) is 10.4. The third kappa shape index (κ3) is 6.77. The van der Waals surface area contributed by atoms with Crippen LogP contribution in [0.4, 0.5) is 0 Å². The Morgan fingerprint density at radius 3 is 2.59 bits per heavy atom. The Labute approximate surface area is 114 Å². The lowest BCUT2D eigenvalue weighted by molar-refractivity contribution is 0.552. The maximum absolute atomic E-state index is 5.47. The zero-order valence-corrected chi connectivity index (χ0v) is 12.0. The molecule has 0 saturated carbocycles. The van der Waals surface area contributed by atoms with Gasteiger partial charge in [0, 0.05) is 22.7 Å². The van der Waals surface area contributed by atoms with Crippen molar-refractivity contribution in [1.82, 2.24) is 5.32 Å². The van der Waals surface area contributed by atoms with Crippen LogP contribution in [0.5, 0.6) is 0 Å². The smallest absolute Gasteiger partial charge is 0.0205 e. The van der Waals surface area contributed by atoms with Crippen LogP contribution in [0.2, 0.25) is 0 Å². The van der Waals surface area contributed by atoms with Gasteiger partial charge in [-0.2, -0.15) is 0 Å². The van der Waals surface area contributed by atoms with E-state index in [0.29, 0.717) is 5.92 Å². The maximum Gasteiger partial charge on any atom is 0.0205 e. The second-order valence-electron chi connectivity index (χ2n) is 4.34. The molecule has 0 bridgehead atoms. The average molecular weight is 270 g/mol. The minimum absolute atomic E-state index is 0.701. The van der Waals surface area contributed by atoms with Gasteiger partial charge in [0.1, 0.15) is 0 Å². The molecule has 0 atom stereocenters. The summed E-state index contributed by atoms with van der Waals surface area (Å²) in [6, 6.07) is 8.69. The van der Waals surface area contributed by atoms with Gasteiger partial charge in [-0.05, 0) is 30.2 Å². The van der Waals surface area contributed by atoms with E-state index in [0.717, 1.165) is 18.8 Å². The van der Waals surface area contributed by atoms with Crippen molar-refractivity contribution in [1.29, 1.82) is 0 Å². The standard InChI is InChI=1S/C14H20ClNS/c1-12(2)10-16-11-13-4-6-14(7-5-13)17-9-3-8-15/h3-8,12,16H,9-11H2,1-2H3/b8-3+. The highest BCUT2D eigenvalue weighted by atomic mass is 35.5. The van der Waals surface area contributed by atoms with Gasteiger partial charge in [0.15, 0.2) is 0 Å². The third-order valence-electron chi connectivity index (χ3n) is 2.24. The number of halogens is 1. The summed E-state index contributed by atoms with van der Waals surface area (Å²) in [5.41, 5.74) is 2.90. The number of benzene rings is 1. The van der Waals surface area contributed by atoms with E-state index < -0.39 is 0 Å². The molecule has 1 rings (SSSR count). The highest BCUT2D eigenvalue weighted by Gasteiger charge is 1.96. The number of hydrogen-bond donors (Lipinski definition) is 1. The molecule has 1 nitrogen and oxygen atoms in total. The molecule has 1 aromatic rings. The Balaban J connectivity index is 2.34. The van der Waals surface area contributed by atoms with E-state index in [4.69, 9.17) is 11.6 Å². The summed E-state index contributed by atoms with van der Waals surface area (Å²) >= 11 is 7.26. The molecule has 0 spiro atoms. The highest BCUT2D eigenvalue weighted by Crippen LogP contribution is 2.18. The molecule has 1 N–H and O–H groups in total. The predicted molar refractivity (Wildman–Crippen MR) is 78.7 cm³/mol. The summed E-state index contributed by atoms with van der Waals surface area (Å²) in [7, 11) is 0. The molecular formula is C14H20ClNS. The van der Waals surface area contributed by atoms with Gasteiger partial charge in [-0.3, -0.25) is 0 Å². The summed E-state index contributed by atoms with van der Waals surface area (Å²) in [5, 5.41) is 3.44. The Hall–Kier alpha value is -0.440. The summed E-state index contributed by atoms with van der Waals surface area (Å²) in [6.07, 6.45) is 1.95. The summed E-state index contributed by atoms with van der Waals surface area (Å²) in [6.45, 7) is 6.45. The molecule has 0 aliphatic rings. The van der Waals surface area contributed by atoms with Crippen LogP contribution in [0.15, 0.2) is 40.8 Å². The lowest BCUT2D eigenvalue weighted by Crippen LogP contribution is -2.18. The van der Waals surface area contributed by atoms with Crippen molar-refractivity contribution in [2.24, 2.45) is 5.92 Å². The van der Waals surface area contributed by atoms with Crippen LogP contribution in [0.3, 0.4) is 0 Å². The molecule has 0 heterocycles. The first-order valence-electron chi connectivity index (χ1n) is 5.90. The first kappa shape index (κ1) is 14.6. The number of rotatable bonds is 7. The first-order chi connectivity index (χ1) is 8.22. The van der Waals surface area contributed by atoms with Gasteiger partial charge in [0.2, 0.25) is 0 Å². The molecule has 3 heteroatoms. The van der Waals surface area contributed by atoms with E-state index in [-0.39, 0.29) is 0 Å². The van der Waals surface area contributed by atoms with Crippen molar-refractivity contribution in [2.45, 2.75) is 25.3 Å². The fourth-order valence-corrected chi connectivity index (χ4v) is 2.30. The molecule has 0 aromatic heterocycles. The van der Waals surface area contributed by atoms with Gasteiger partial charge >= 0.3 is 0 Å². The largest absolute Gasteiger partial charge is 0.312 e. The molecule has 94 valence electrons. The van der Waals surface area contributed by atoms with E-state index in [1.165, 1.54) is 10.5 Å². The molecular weight excluding hydrogens is 250 g/mol. The van der Waals surface area contributed by atoms with Crippen molar-refractivity contribution < 1.29 is 0 Å². The normalized spacial score (nSPS) is 11.5. The van der Waals surface area contributed by atoms with Gasteiger partial charge in [-0.15, -0.1) is 11.8 Å². The van der Waals surface area contributed by atoms with Gasteiger partial charge in [-0.25, -0.2) is 0 Å². The van der Waals surface area contributed by atoms with Crippen molar-refractivity contribution in [2.75, 3.05) is 12.3 Å². The third-order valence-corrected chi connectivity index (χ3v) is 3.38. The Kier molecular flexibility index (Phi) is 7.41. The molecule has 17 heavy (non-hydrogen) atoms. The monoisotopic (exact) mass is 269 g/mol. The van der Waals surface area contributed by atoms with E-state index in [2.05, 4.69) is 43.4 Å². The number of hydrogen-bond acceptors (Lipinski definition) is 2. The Bertz CT molecular complexity index is 333. The Morgan fingerprint density at radius 1 is 1.29 bits per heavy atom. The van der Waals surface area contributed by atoms with Gasteiger partial charge in [-0.1, -0.05) is 43.7 Å². The Morgan fingerprint density at radius 2 is 2.00 bits per heavy atom. The van der Waals surface area contributed by atoms with E-state index in [1.807, 2.05) is 6.08 Å². The second kappa shape index (κ2) is 8.62. The van der Waals surface area contributed by atoms with Crippen molar-refractivity contribution >= 4 is 23.4 Å². The lowest BCUT2D eigenvalue weighted by Gasteiger charge is -2.07. The van der Waals surface area contributed by atoms with Crippen LogP contribution in [-0.2, 0) is 6.54 Å². The van der Waals surface area contributed by atoms with Crippen molar-refractivity contribution in [3.63, 3.8) is 0 Å². The first-order valence-corrected chi connectivity index (χ1v) is 7.32. The molecule has 0 amide bonds. The quantitative estimate of drug-likeness (QED) is 0.742. The van der Waals surface area contributed by atoms with E-state index in [1.54, 1.807) is 17.3 Å². The number of nitrogens with one attached hydrogen (secondary N) is 1.